The van der Waals surface area contributed by atoms with Crippen LogP contribution in [0, 0.1) is 5.92 Å². The van der Waals surface area contributed by atoms with E-state index in [0.29, 0.717) is 37.8 Å². The molecule has 1 saturated heterocycles. The van der Waals surface area contributed by atoms with Gasteiger partial charge in [0.05, 0.1) is 20.3 Å². The highest BCUT2D eigenvalue weighted by molar-refractivity contribution is 5.76. The number of aromatic nitrogens is 1. The minimum atomic E-state index is 0.0646. The Morgan fingerprint density at radius 3 is 2.68 bits per heavy atom. The van der Waals surface area contributed by atoms with Crippen LogP contribution in [0.4, 0.5) is 0 Å². The average molecular weight is 425 g/mol. The number of benzene rings is 1. The number of carbonyl (C=O) groups is 1. The van der Waals surface area contributed by atoms with Gasteiger partial charge in [-0.15, -0.1) is 0 Å². The zero-order chi connectivity index (χ0) is 21.5. The Labute approximate surface area is 184 Å². The van der Waals surface area contributed by atoms with E-state index in [4.69, 9.17) is 14.2 Å². The van der Waals surface area contributed by atoms with E-state index in [0.717, 1.165) is 42.7 Å². The molecule has 1 unspecified atom stereocenters. The first-order valence-electron chi connectivity index (χ1n) is 11.3. The summed E-state index contributed by atoms with van der Waals surface area (Å²) in [5, 5.41) is 0. The molecule has 0 spiro atoms. The van der Waals surface area contributed by atoms with Gasteiger partial charge in [-0.2, -0.15) is 0 Å². The van der Waals surface area contributed by atoms with Gasteiger partial charge in [-0.05, 0) is 48.1 Å². The summed E-state index contributed by atoms with van der Waals surface area (Å²) in [6.45, 7) is 2.43. The molecule has 2 aromatic rings. The minimum absolute atomic E-state index is 0.0646. The smallest absolute Gasteiger partial charge is 0.223 e. The first kappa shape index (κ1) is 21.6. The molecule has 1 aliphatic heterocycles. The average Bonchev–Trinajstić information content (AvgIpc) is 3.49. The van der Waals surface area contributed by atoms with E-state index in [2.05, 4.69) is 4.98 Å². The lowest BCUT2D eigenvalue weighted by Crippen LogP contribution is -2.31. The molecule has 2 heterocycles. The number of hydrogen-bond acceptors (Lipinski definition) is 5. The fourth-order valence-electron chi connectivity index (χ4n) is 4.45. The molecule has 0 radical (unpaired) electrons. The van der Waals surface area contributed by atoms with Crippen molar-refractivity contribution >= 4 is 5.91 Å². The maximum absolute atomic E-state index is 13.2. The maximum Gasteiger partial charge on any atom is 0.223 e. The molecule has 4 rings (SSSR count). The van der Waals surface area contributed by atoms with Gasteiger partial charge in [-0.1, -0.05) is 25.0 Å². The van der Waals surface area contributed by atoms with Gasteiger partial charge in [0.25, 0.3) is 0 Å². The lowest BCUT2D eigenvalue weighted by Gasteiger charge is -2.25. The van der Waals surface area contributed by atoms with E-state index in [1.807, 2.05) is 41.4 Å². The van der Waals surface area contributed by atoms with E-state index in [9.17, 15) is 4.79 Å². The predicted molar refractivity (Wildman–Crippen MR) is 118 cm³/mol. The molecule has 1 aromatic heterocycles. The molecule has 6 nitrogen and oxygen atoms in total. The van der Waals surface area contributed by atoms with E-state index in [1.54, 1.807) is 13.3 Å². The van der Waals surface area contributed by atoms with Crippen molar-refractivity contribution in [2.24, 2.45) is 5.92 Å². The minimum Gasteiger partial charge on any atom is -0.493 e. The Bertz CT molecular complexity index is 846. The number of methoxy groups -OCH3 is 1. The normalized spacial score (nSPS) is 18.8. The number of hydrogen-bond donors (Lipinski definition) is 0. The number of carbonyl (C=O) groups excluding carboxylic acids is 1. The highest BCUT2D eigenvalue weighted by Gasteiger charge is 2.23. The molecular weight excluding hydrogens is 392 g/mol. The number of nitrogens with zero attached hydrogens (tertiary/aromatic N) is 2. The van der Waals surface area contributed by atoms with Crippen LogP contribution in [-0.4, -0.2) is 42.2 Å². The molecule has 1 atom stereocenters. The number of ether oxygens (including phenoxy) is 3. The lowest BCUT2D eigenvalue weighted by atomic mass is 10.0. The van der Waals surface area contributed by atoms with Gasteiger partial charge < -0.3 is 19.1 Å². The molecule has 1 aliphatic carbocycles. The highest BCUT2D eigenvalue weighted by Crippen LogP contribution is 2.32. The number of amides is 1. The predicted octanol–water partition coefficient (Wildman–Crippen LogP) is 4.37. The van der Waals surface area contributed by atoms with Crippen molar-refractivity contribution in [3.05, 3.63) is 53.9 Å². The van der Waals surface area contributed by atoms with Crippen LogP contribution >= 0.6 is 0 Å². The molecule has 6 heteroatoms. The fraction of sp³-hybridized carbons (Fsp3) is 0.520. The van der Waals surface area contributed by atoms with E-state index in [-0.39, 0.29) is 12.0 Å². The van der Waals surface area contributed by atoms with Crippen molar-refractivity contribution in [3.63, 3.8) is 0 Å². The third-order valence-corrected chi connectivity index (χ3v) is 6.17. The Hall–Kier alpha value is -2.60. The summed E-state index contributed by atoms with van der Waals surface area (Å²) in [4.78, 5) is 19.3. The maximum atomic E-state index is 13.2. The van der Waals surface area contributed by atoms with Crippen molar-refractivity contribution in [1.82, 2.24) is 9.88 Å². The summed E-state index contributed by atoms with van der Waals surface area (Å²) in [7, 11) is 1.65. The molecular formula is C25H32N2O4. The van der Waals surface area contributed by atoms with E-state index >= 15 is 0 Å². The SMILES string of the molecule is COc1cc(CN(Cc2cccnc2)C(=O)CC2CCCC2)ccc1OC1CCOC1. The fourth-order valence-corrected chi connectivity index (χ4v) is 4.45. The van der Waals surface area contributed by atoms with E-state index in [1.165, 1.54) is 12.8 Å². The Morgan fingerprint density at radius 2 is 1.97 bits per heavy atom. The van der Waals surface area contributed by atoms with Gasteiger partial charge in [0.1, 0.15) is 6.10 Å². The Balaban J connectivity index is 1.48. The summed E-state index contributed by atoms with van der Waals surface area (Å²) in [5.41, 5.74) is 2.06. The molecule has 1 aromatic carbocycles. The summed E-state index contributed by atoms with van der Waals surface area (Å²) in [5.74, 6) is 2.13. The third-order valence-electron chi connectivity index (χ3n) is 6.17. The van der Waals surface area contributed by atoms with Gasteiger partial charge in [-0.3, -0.25) is 9.78 Å². The van der Waals surface area contributed by atoms with Gasteiger partial charge in [0, 0.05) is 38.3 Å². The topological polar surface area (TPSA) is 60.9 Å². The standard InChI is InChI=1S/C25H32N2O4/c1-29-24-13-20(8-9-23(24)31-22-10-12-30-18-22)16-27(17-21-7-4-11-26-15-21)25(28)14-19-5-2-3-6-19/h4,7-9,11,13,15,19,22H,2-3,5-6,10,12,14,16-18H2,1H3. The van der Waals surface area contributed by atoms with Gasteiger partial charge in [-0.25, -0.2) is 0 Å². The van der Waals surface area contributed by atoms with Crippen LogP contribution in [0.1, 0.15) is 49.7 Å². The van der Waals surface area contributed by atoms with Crippen molar-refractivity contribution in [2.45, 2.75) is 57.7 Å². The number of rotatable bonds is 9. The third kappa shape index (κ3) is 5.97. The largest absolute Gasteiger partial charge is 0.493 e. The van der Waals surface area contributed by atoms with Crippen LogP contribution in [0.3, 0.4) is 0 Å². The highest BCUT2D eigenvalue weighted by atomic mass is 16.6. The van der Waals surface area contributed by atoms with Crippen LogP contribution in [-0.2, 0) is 22.6 Å². The molecule has 1 amide bonds. The molecule has 2 fully saturated rings. The summed E-state index contributed by atoms with van der Waals surface area (Å²) < 4.78 is 17.0. The first-order valence-corrected chi connectivity index (χ1v) is 11.3. The number of pyridine rings is 1. The summed E-state index contributed by atoms with van der Waals surface area (Å²) in [6, 6.07) is 9.87. The summed E-state index contributed by atoms with van der Waals surface area (Å²) in [6.07, 6.45) is 9.98. The molecule has 31 heavy (non-hydrogen) atoms. The van der Waals surface area contributed by atoms with Crippen LogP contribution in [0.2, 0.25) is 0 Å². The molecule has 0 bridgehead atoms. The zero-order valence-corrected chi connectivity index (χ0v) is 18.3. The Kier molecular flexibility index (Phi) is 7.41. The zero-order valence-electron chi connectivity index (χ0n) is 18.3. The van der Waals surface area contributed by atoms with Crippen LogP contribution in [0.25, 0.3) is 0 Å². The van der Waals surface area contributed by atoms with Crippen LogP contribution in [0.15, 0.2) is 42.7 Å². The second kappa shape index (κ2) is 10.6. The summed E-state index contributed by atoms with van der Waals surface area (Å²) >= 11 is 0. The first-order chi connectivity index (χ1) is 15.2. The quantitative estimate of drug-likeness (QED) is 0.598. The van der Waals surface area contributed by atoms with Crippen molar-refractivity contribution in [2.75, 3.05) is 20.3 Å². The molecule has 166 valence electrons. The lowest BCUT2D eigenvalue weighted by molar-refractivity contribution is -0.133. The van der Waals surface area contributed by atoms with Crippen LogP contribution in [0.5, 0.6) is 11.5 Å². The van der Waals surface area contributed by atoms with Crippen molar-refractivity contribution in [1.29, 1.82) is 0 Å². The Morgan fingerprint density at radius 1 is 1.13 bits per heavy atom. The molecule has 1 saturated carbocycles. The molecule has 2 aliphatic rings. The van der Waals surface area contributed by atoms with Crippen molar-refractivity contribution < 1.29 is 19.0 Å². The van der Waals surface area contributed by atoms with Gasteiger partial charge in [0.2, 0.25) is 5.91 Å². The van der Waals surface area contributed by atoms with E-state index < -0.39 is 0 Å². The molecule has 0 N–H and O–H groups in total. The second-order valence-corrected chi connectivity index (χ2v) is 8.55. The van der Waals surface area contributed by atoms with Gasteiger partial charge in [0.15, 0.2) is 11.5 Å². The monoisotopic (exact) mass is 424 g/mol. The van der Waals surface area contributed by atoms with Gasteiger partial charge >= 0.3 is 0 Å². The second-order valence-electron chi connectivity index (χ2n) is 8.55. The van der Waals surface area contributed by atoms with Crippen LogP contribution < -0.4 is 9.47 Å². The van der Waals surface area contributed by atoms with Crippen molar-refractivity contribution in [3.8, 4) is 11.5 Å².